The highest BCUT2D eigenvalue weighted by molar-refractivity contribution is 5.87. The molecule has 4 heteroatoms. The van der Waals surface area contributed by atoms with E-state index < -0.39 is 5.97 Å². The number of aromatic nitrogens is 1. The number of hydrogen-bond acceptors (Lipinski definition) is 3. The Morgan fingerprint density at radius 1 is 1.11 bits per heavy atom. The molecule has 0 amide bonds. The molecular formula is C14H14NO3+. The van der Waals surface area contributed by atoms with Gasteiger partial charge in [-0.05, 0) is 25.1 Å². The summed E-state index contributed by atoms with van der Waals surface area (Å²) in [5.41, 5.74) is 0.350. The molecule has 1 aromatic carbocycles. The smallest absolute Gasteiger partial charge is 0.414 e. The lowest BCUT2D eigenvalue weighted by atomic mass is 10.3. The van der Waals surface area contributed by atoms with Crippen LogP contribution in [-0.2, 0) is 0 Å². The van der Waals surface area contributed by atoms with Crippen LogP contribution in [0.15, 0.2) is 54.7 Å². The van der Waals surface area contributed by atoms with Gasteiger partial charge in [0.05, 0.1) is 0 Å². The van der Waals surface area contributed by atoms with Gasteiger partial charge in [0.2, 0.25) is 6.20 Å². The molecule has 0 atom stereocenters. The zero-order valence-corrected chi connectivity index (χ0v) is 10.1. The number of carbonyl (C=O) groups excluding carboxylic acids is 1. The number of esters is 1. The molecule has 0 saturated heterocycles. The van der Waals surface area contributed by atoms with Gasteiger partial charge in [0.25, 0.3) is 0 Å². The van der Waals surface area contributed by atoms with E-state index in [1.54, 1.807) is 36.5 Å². The van der Waals surface area contributed by atoms with Crippen LogP contribution in [0.2, 0.25) is 0 Å². The Hall–Kier alpha value is -2.36. The number of benzene rings is 1. The predicted octanol–water partition coefficient (Wildman–Crippen LogP) is 1.64. The van der Waals surface area contributed by atoms with E-state index in [1.165, 1.54) is 4.73 Å². The van der Waals surface area contributed by atoms with Crippen LogP contribution in [-0.4, -0.2) is 12.6 Å². The Kier molecular flexibility index (Phi) is 3.91. The van der Waals surface area contributed by atoms with Gasteiger partial charge in [-0.25, -0.2) is 4.79 Å². The molecule has 0 spiro atoms. The second kappa shape index (κ2) is 5.82. The maximum atomic E-state index is 12.0. The first-order chi connectivity index (χ1) is 8.81. The summed E-state index contributed by atoms with van der Waals surface area (Å²) in [6.07, 6.45) is 1.67. The van der Waals surface area contributed by atoms with E-state index >= 15 is 0 Å². The lowest BCUT2D eigenvalue weighted by Gasteiger charge is -2.02. The molecule has 0 radical (unpaired) electrons. The third-order valence-electron chi connectivity index (χ3n) is 2.26. The normalized spacial score (nSPS) is 9.83. The lowest BCUT2D eigenvalue weighted by Crippen LogP contribution is -2.48. The quantitative estimate of drug-likeness (QED) is 0.466. The van der Waals surface area contributed by atoms with Crippen LogP contribution in [0.4, 0.5) is 0 Å². The van der Waals surface area contributed by atoms with E-state index in [-0.39, 0.29) is 0 Å². The van der Waals surface area contributed by atoms with Gasteiger partial charge >= 0.3 is 11.7 Å². The highest BCUT2D eigenvalue weighted by atomic mass is 16.7. The number of ether oxygens (including phenoxy) is 1. The number of hydrogen-bond donors (Lipinski definition) is 0. The van der Waals surface area contributed by atoms with Crippen LogP contribution in [0.25, 0.3) is 0 Å². The van der Waals surface area contributed by atoms with E-state index in [2.05, 4.69) is 0 Å². The Morgan fingerprint density at radius 3 is 2.56 bits per heavy atom. The minimum Gasteiger partial charge on any atom is -0.418 e. The van der Waals surface area contributed by atoms with E-state index in [1.807, 2.05) is 25.1 Å². The topological polar surface area (TPSA) is 39.4 Å². The van der Waals surface area contributed by atoms with Gasteiger partial charge in [0.15, 0.2) is 6.61 Å². The summed E-state index contributed by atoms with van der Waals surface area (Å²) in [5, 5.41) is 0. The van der Waals surface area contributed by atoms with Gasteiger partial charge in [-0.2, -0.15) is 0 Å². The van der Waals surface area contributed by atoms with Crippen molar-refractivity contribution in [1.29, 1.82) is 0 Å². The maximum absolute atomic E-state index is 12.0. The summed E-state index contributed by atoms with van der Waals surface area (Å²) in [4.78, 5) is 17.3. The molecule has 0 N–H and O–H groups in total. The molecule has 0 aliphatic heterocycles. The van der Waals surface area contributed by atoms with Crippen molar-refractivity contribution in [2.24, 2.45) is 0 Å². The molecule has 18 heavy (non-hydrogen) atoms. The number of para-hydroxylation sites is 1. The first-order valence-corrected chi connectivity index (χ1v) is 5.72. The summed E-state index contributed by atoms with van der Waals surface area (Å²) < 4.78 is 6.66. The molecule has 0 saturated carbocycles. The Bertz CT molecular complexity index is 526. The standard InChI is InChI=1S/C14H14NO3/c1-2-17-15-11-7-6-10-13(15)14(16)18-12-8-4-3-5-9-12/h3-11H,2H2,1H3/q+1. The van der Waals surface area contributed by atoms with Gasteiger partial charge in [-0.1, -0.05) is 18.2 Å². The largest absolute Gasteiger partial charge is 0.418 e. The molecule has 0 bridgehead atoms. The van der Waals surface area contributed by atoms with Crippen molar-refractivity contribution in [3.8, 4) is 5.75 Å². The second-order valence-corrected chi connectivity index (χ2v) is 3.53. The van der Waals surface area contributed by atoms with Gasteiger partial charge < -0.3 is 4.74 Å². The van der Waals surface area contributed by atoms with Crippen molar-refractivity contribution >= 4 is 5.97 Å². The van der Waals surface area contributed by atoms with E-state index in [0.29, 0.717) is 18.1 Å². The highest BCUT2D eigenvalue weighted by Crippen LogP contribution is 2.10. The molecule has 0 aliphatic carbocycles. The fourth-order valence-electron chi connectivity index (χ4n) is 1.49. The Labute approximate surface area is 105 Å². The molecule has 2 aromatic rings. The van der Waals surface area contributed by atoms with Crippen LogP contribution in [0.1, 0.15) is 17.4 Å². The van der Waals surface area contributed by atoms with Gasteiger partial charge in [-0.15, -0.1) is 0 Å². The van der Waals surface area contributed by atoms with Crippen LogP contribution in [0, 0.1) is 0 Å². The summed E-state index contributed by atoms with van der Waals surface area (Å²) >= 11 is 0. The van der Waals surface area contributed by atoms with Crippen LogP contribution < -0.4 is 14.3 Å². The first-order valence-electron chi connectivity index (χ1n) is 5.72. The molecule has 0 unspecified atom stereocenters. The summed E-state index contributed by atoms with van der Waals surface area (Å²) in [6, 6.07) is 14.1. The SMILES string of the molecule is CCO[n+]1ccccc1C(=O)Oc1ccccc1. The van der Waals surface area contributed by atoms with Crippen LogP contribution >= 0.6 is 0 Å². The van der Waals surface area contributed by atoms with Gasteiger partial charge in [-0.3, -0.25) is 4.84 Å². The minimum atomic E-state index is -0.449. The number of carbonyl (C=O) groups is 1. The molecule has 4 nitrogen and oxygen atoms in total. The molecule has 0 fully saturated rings. The van der Waals surface area contributed by atoms with Crippen molar-refractivity contribution in [3.05, 3.63) is 60.4 Å². The summed E-state index contributed by atoms with van der Waals surface area (Å²) in [5.74, 6) is 0.0599. The minimum absolute atomic E-state index is 0.350. The molecule has 92 valence electrons. The molecule has 0 aliphatic rings. The fourth-order valence-corrected chi connectivity index (χ4v) is 1.49. The van der Waals surface area contributed by atoms with Crippen LogP contribution in [0.3, 0.4) is 0 Å². The van der Waals surface area contributed by atoms with E-state index in [0.717, 1.165) is 0 Å². The fraction of sp³-hybridized carbons (Fsp3) is 0.143. The molecule has 1 aromatic heterocycles. The molecule has 1 heterocycles. The Balaban J connectivity index is 2.19. The highest BCUT2D eigenvalue weighted by Gasteiger charge is 2.22. The third-order valence-corrected chi connectivity index (χ3v) is 2.26. The average Bonchev–Trinajstić information content (AvgIpc) is 2.41. The molecular weight excluding hydrogens is 230 g/mol. The average molecular weight is 244 g/mol. The summed E-state index contributed by atoms with van der Waals surface area (Å²) in [7, 11) is 0. The third kappa shape index (κ3) is 2.85. The van der Waals surface area contributed by atoms with Crippen molar-refractivity contribution in [3.63, 3.8) is 0 Å². The summed E-state index contributed by atoms with van der Waals surface area (Å²) in [6.45, 7) is 2.33. The van der Waals surface area contributed by atoms with Crippen molar-refractivity contribution in [1.82, 2.24) is 0 Å². The maximum Gasteiger partial charge on any atom is 0.414 e. The van der Waals surface area contributed by atoms with Crippen molar-refractivity contribution < 1.29 is 19.1 Å². The number of rotatable bonds is 4. The zero-order chi connectivity index (χ0) is 12.8. The first kappa shape index (κ1) is 12.1. The van der Waals surface area contributed by atoms with Gasteiger partial charge in [0.1, 0.15) is 5.75 Å². The molecule has 2 rings (SSSR count). The van der Waals surface area contributed by atoms with Crippen LogP contribution in [0.5, 0.6) is 5.75 Å². The number of pyridine rings is 1. The Morgan fingerprint density at radius 2 is 1.83 bits per heavy atom. The number of nitrogens with zero attached hydrogens (tertiary/aromatic N) is 1. The van der Waals surface area contributed by atoms with E-state index in [4.69, 9.17) is 9.57 Å². The monoisotopic (exact) mass is 244 g/mol. The second-order valence-electron chi connectivity index (χ2n) is 3.53. The predicted molar refractivity (Wildman–Crippen MR) is 65.2 cm³/mol. The lowest BCUT2D eigenvalue weighted by molar-refractivity contribution is -0.892. The van der Waals surface area contributed by atoms with Crippen molar-refractivity contribution in [2.45, 2.75) is 6.92 Å². The van der Waals surface area contributed by atoms with E-state index in [9.17, 15) is 4.79 Å². The van der Waals surface area contributed by atoms with Crippen molar-refractivity contribution in [2.75, 3.05) is 6.61 Å². The van der Waals surface area contributed by atoms with Gasteiger partial charge in [0, 0.05) is 16.9 Å². The zero-order valence-electron chi connectivity index (χ0n) is 10.1.